The van der Waals surface area contributed by atoms with Crippen LogP contribution in [0.25, 0.3) is 10.6 Å². The van der Waals surface area contributed by atoms with E-state index in [0.717, 1.165) is 26.7 Å². The van der Waals surface area contributed by atoms with Gasteiger partial charge in [-0.2, -0.15) is 5.10 Å². The maximum Gasteiger partial charge on any atom is 0.253 e. The number of para-hydroxylation sites is 2. The molecular formula is C24H20N4O3S2. The van der Waals surface area contributed by atoms with Gasteiger partial charge in [0.05, 0.1) is 25.6 Å². The Hall–Kier alpha value is -3.56. The molecule has 3 aromatic carbocycles. The van der Waals surface area contributed by atoms with E-state index in [9.17, 15) is 4.79 Å². The second kappa shape index (κ2) is 8.76. The van der Waals surface area contributed by atoms with E-state index in [4.69, 9.17) is 14.9 Å². The highest BCUT2D eigenvalue weighted by atomic mass is 32.2. The number of carbonyl (C=O) groups excluding carboxylic acids is 1. The number of methoxy groups -OCH3 is 2. The normalized spacial score (nSPS) is 12.1. The highest BCUT2D eigenvalue weighted by Gasteiger charge is 2.28. The predicted molar refractivity (Wildman–Crippen MR) is 129 cm³/mol. The molecule has 7 nitrogen and oxygen atoms in total. The number of carbonyl (C=O) groups is 1. The van der Waals surface area contributed by atoms with Crippen LogP contribution in [0, 0.1) is 5.41 Å². The first kappa shape index (κ1) is 21.3. The molecular weight excluding hydrogens is 456 g/mol. The van der Waals surface area contributed by atoms with Crippen molar-refractivity contribution in [3.05, 3.63) is 71.5 Å². The molecule has 1 amide bonds. The molecule has 5 rings (SSSR count). The number of amides is 1. The predicted octanol–water partition coefficient (Wildman–Crippen LogP) is 4.94. The Morgan fingerprint density at radius 3 is 2.21 bits per heavy atom. The molecule has 0 fully saturated rings. The van der Waals surface area contributed by atoms with Gasteiger partial charge >= 0.3 is 0 Å². The van der Waals surface area contributed by atoms with Crippen LogP contribution >= 0.6 is 23.1 Å². The Balaban J connectivity index is 1.48. The molecule has 1 N–H and O–H groups in total. The molecule has 166 valence electrons. The van der Waals surface area contributed by atoms with Crippen molar-refractivity contribution in [1.82, 2.24) is 9.78 Å². The molecule has 33 heavy (non-hydrogen) atoms. The lowest BCUT2D eigenvalue weighted by atomic mass is 10.2. The molecule has 1 aromatic heterocycles. The zero-order valence-corrected chi connectivity index (χ0v) is 19.6. The van der Waals surface area contributed by atoms with Crippen LogP contribution in [0.15, 0.2) is 76.5 Å². The first-order chi connectivity index (χ1) is 16.1. The molecule has 0 saturated heterocycles. The minimum absolute atomic E-state index is 0.0457. The second-order valence-electron chi connectivity index (χ2n) is 7.21. The van der Waals surface area contributed by atoms with E-state index in [1.807, 2.05) is 60.7 Å². The highest BCUT2D eigenvalue weighted by molar-refractivity contribution is 7.99. The van der Waals surface area contributed by atoms with E-state index in [0.29, 0.717) is 16.5 Å². The zero-order valence-electron chi connectivity index (χ0n) is 17.9. The number of hydrogen-bond donors (Lipinski definition) is 1. The van der Waals surface area contributed by atoms with E-state index >= 15 is 0 Å². The SMILES string of the molecule is COc1ccc(-c2nn(CC(=O)N3c4ccccc4Sc4ccccc43)c(=N)s2)cc1OC. The Bertz CT molecular complexity index is 1370. The first-order valence-electron chi connectivity index (χ1n) is 10.1. The van der Waals surface area contributed by atoms with Gasteiger partial charge in [0.2, 0.25) is 4.80 Å². The third-order valence-corrected chi connectivity index (χ3v) is 7.28. The maximum absolute atomic E-state index is 13.5. The van der Waals surface area contributed by atoms with Gasteiger partial charge in [-0.3, -0.25) is 15.1 Å². The summed E-state index contributed by atoms with van der Waals surface area (Å²) in [6.45, 7) is -0.0457. The van der Waals surface area contributed by atoms with Crippen LogP contribution in [-0.4, -0.2) is 29.9 Å². The van der Waals surface area contributed by atoms with Crippen molar-refractivity contribution in [3.8, 4) is 22.1 Å². The van der Waals surface area contributed by atoms with Crippen molar-refractivity contribution in [2.75, 3.05) is 19.1 Å². The monoisotopic (exact) mass is 476 g/mol. The van der Waals surface area contributed by atoms with Crippen LogP contribution in [0.5, 0.6) is 11.5 Å². The van der Waals surface area contributed by atoms with Crippen LogP contribution < -0.4 is 19.2 Å². The number of aromatic nitrogens is 2. The Kier molecular flexibility index (Phi) is 5.65. The van der Waals surface area contributed by atoms with Crippen LogP contribution in [0.4, 0.5) is 11.4 Å². The summed E-state index contributed by atoms with van der Waals surface area (Å²) in [4.78, 5) is 17.5. The lowest BCUT2D eigenvalue weighted by Gasteiger charge is -2.30. The number of ether oxygens (including phenoxy) is 2. The molecule has 0 atom stereocenters. The summed E-state index contributed by atoms with van der Waals surface area (Å²) in [6.07, 6.45) is 0. The van der Waals surface area contributed by atoms with Gasteiger partial charge in [0.1, 0.15) is 11.6 Å². The third kappa shape index (κ3) is 3.90. The lowest BCUT2D eigenvalue weighted by Crippen LogP contribution is -2.34. The summed E-state index contributed by atoms with van der Waals surface area (Å²) >= 11 is 2.85. The van der Waals surface area contributed by atoms with Gasteiger partial charge in [0.25, 0.3) is 5.91 Å². The molecule has 1 aliphatic rings. The number of hydrogen-bond acceptors (Lipinski definition) is 7. The number of benzene rings is 3. The highest BCUT2D eigenvalue weighted by Crippen LogP contribution is 2.47. The van der Waals surface area contributed by atoms with Gasteiger partial charge < -0.3 is 9.47 Å². The lowest BCUT2D eigenvalue weighted by molar-refractivity contribution is -0.118. The average molecular weight is 477 g/mol. The van der Waals surface area contributed by atoms with Gasteiger partial charge in [0.15, 0.2) is 11.5 Å². The van der Waals surface area contributed by atoms with Crippen molar-refractivity contribution in [1.29, 1.82) is 5.41 Å². The second-order valence-corrected chi connectivity index (χ2v) is 9.27. The van der Waals surface area contributed by atoms with E-state index in [-0.39, 0.29) is 17.3 Å². The standard InChI is InChI=1S/C24H20N4O3S2/c1-30-18-12-11-15(13-19(18)31-2)23-26-27(24(25)33-23)14-22(29)28-16-7-3-5-9-20(16)32-21-10-6-4-8-17(21)28/h3-13,25H,14H2,1-2H3. The fourth-order valence-corrected chi connectivity index (χ4v) is 5.52. The molecule has 0 radical (unpaired) electrons. The molecule has 1 aliphatic heterocycles. The van der Waals surface area contributed by atoms with Crippen molar-refractivity contribution < 1.29 is 14.3 Å². The molecule has 0 unspecified atom stereocenters. The summed E-state index contributed by atoms with van der Waals surface area (Å²) in [5.74, 6) is 1.04. The fourth-order valence-electron chi connectivity index (χ4n) is 3.68. The van der Waals surface area contributed by atoms with Crippen LogP contribution in [0.3, 0.4) is 0 Å². The van der Waals surface area contributed by atoms with Crippen LogP contribution in [-0.2, 0) is 11.3 Å². The van der Waals surface area contributed by atoms with E-state index in [1.54, 1.807) is 36.9 Å². The van der Waals surface area contributed by atoms with Crippen molar-refractivity contribution in [2.24, 2.45) is 0 Å². The molecule has 0 aliphatic carbocycles. The van der Waals surface area contributed by atoms with Gasteiger partial charge in [-0.15, -0.1) is 0 Å². The summed E-state index contributed by atoms with van der Waals surface area (Å²) < 4.78 is 12.1. The number of nitrogens with one attached hydrogen (secondary N) is 1. The maximum atomic E-state index is 13.5. The number of anilines is 2. The number of fused-ring (bicyclic) bond motifs is 2. The van der Waals surface area contributed by atoms with Crippen LogP contribution in [0.2, 0.25) is 0 Å². The molecule has 4 aromatic rings. The Morgan fingerprint density at radius 1 is 0.939 bits per heavy atom. The van der Waals surface area contributed by atoms with Crippen LogP contribution in [0.1, 0.15) is 0 Å². The summed E-state index contributed by atoms with van der Waals surface area (Å²) in [6, 6.07) is 21.2. The summed E-state index contributed by atoms with van der Waals surface area (Å²) in [5, 5.41) is 13.6. The molecule has 0 bridgehead atoms. The van der Waals surface area contributed by atoms with Gasteiger partial charge in [-0.1, -0.05) is 47.4 Å². The van der Waals surface area contributed by atoms with Crippen molar-refractivity contribution in [2.45, 2.75) is 16.3 Å². The van der Waals surface area contributed by atoms with Crippen molar-refractivity contribution in [3.63, 3.8) is 0 Å². The fraction of sp³-hybridized carbons (Fsp3) is 0.125. The largest absolute Gasteiger partial charge is 0.493 e. The molecule has 0 spiro atoms. The van der Waals surface area contributed by atoms with E-state index in [2.05, 4.69) is 5.10 Å². The minimum atomic E-state index is -0.155. The first-order valence-corrected chi connectivity index (χ1v) is 11.8. The smallest absolute Gasteiger partial charge is 0.253 e. The third-order valence-electron chi connectivity index (χ3n) is 5.24. The number of nitrogens with zero attached hydrogens (tertiary/aromatic N) is 3. The van der Waals surface area contributed by atoms with E-state index < -0.39 is 0 Å². The van der Waals surface area contributed by atoms with Gasteiger partial charge in [-0.25, -0.2) is 4.68 Å². The quantitative estimate of drug-likeness (QED) is 0.441. The molecule has 2 heterocycles. The van der Waals surface area contributed by atoms with E-state index in [1.165, 1.54) is 16.0 Å². The number of rotatable bonds is 5. The van der Waals surface area contributed by atoms with Gasteiger partial charge in [-0.05, 0) is 42.5 Å². The minimum Gasteiger partial charge on any atom is -0.493 e. The Labute approximate surface area is 198 Å². The summed E-state index contributed by atoms with van der Waals surface area (Å²) in [7, 11) is 3.16. The van der Waals surface area contributed by atoms with Gasteiger partial charge in [0, 0.05) is 15.4 Å². The zero-order chi connectivity index (χ0) is 22.9. The van der Waals surface area contributed by atoms with Crippen molar-refractivity contribution >= 4 is 40.4 Å². The molecule has 0 saturated carbocycles. The topological polar surface area (TPSA) is 80.4 Å². The Morgan fingerprint density at radius 2 is 1.58 bits per heavy atom. The summed E-state index contributed by atoms with van der Waals surface area (Å²) in [5.41, 5.74) is 2.48. The average Bonchev–Trinajstić information content (AvgIpc) is 3.21. The molecule has 9 heteroatoms.